The molecule has 25 heavy (non-hydrogen) atoms. The maximum atomic E-state index is 11.6. The Hall–Kier alpha value is -2.80. The van der Waals surface area contributed by atoms with Crippen LogP contribution in [-0.2, 0) is 4.74 Å². The molecule has 1 saturated carbocycles. The second kappa shape index (κ2) is 6.60. The van der Waals surface area contributed by atoms with Crippen molar-refractivity contribution in [2.24, 2.45) is 0 Å². The fourth-order valence-corrected chi connectivity index (χ4v) is 3.79. The van der Waals surface area contributed by atoms with Crippen LogP contribution in [0.4, 0.5) is 4.79 Å². The lowest BCUT2D eigenvalue weighted by atomic mass is 9.73. The molecule has 1 aromatic heterocycles. The van der Waals surface area contributed by atoms with E-state index in [0.29, 0.717) is 6.54 Å². The van der Waals surface area contributed by atoms with Gasteiger partial charge in [0.25, 0.3) is 0 Å². The van der Waals surface area contributed by atoms with Crippen LogP contribution >= 0.6 is 0 Å². The van der Waals surface area contributed by atoms with Crippen LogP contribution < -0.4 is 5.32 Å². The number of nitrogens with one attached hydrogen (secondary N) is 1. The van der Waals surface area contributed by atoms with Crippen molar-refractivity contribution in [3.05, 3.63) is 65.5 Å². The van der Waals surface area contributed by atoms with Crippen molar-refractivity contribution >= 4 is 6.09 Å². The molecule has 0 radical (unpaired) electrons. The zero-order chi connectivity index (χ0) is 17.1. The van der Waals surface area contributed by atoms with E-state index >= 15 is 0 Å². The molecule has 4 nitrogen and oxygen atoms in total. The number of rotatable bonds is 1. The third-order valence-electron chi connectivity index (χ3n) is 5.07. The summed E-state index contributed by atoms with van der Waals surface area (Å²) in [5.41, 5.74) is 2.43. The van der Waals surface area contributed by atoms with Gasteiger partial charge < -0.3 is 10.1 Å². The van der Waals surface area contributed by atoms with Gasteiger partial charge in [0.15, 0.2) is 0 Å². The van der Waals surface area contributed by atoms with Crippen molar-refractivity contribution in [3.63, 3.8) is 0 Å². The monoisotopic (exact) mass is 332 g/mol. The molecule has 126 valence electrons. The van der Waals surface area contributed by atoms with Crippen LogP contribution in [0.25, 0.3) is 0 Å². The molecule has 1 aliphatic carbocycles. The van der Waals surface area contributed by atoms with Gasteiger partial charge in [-0.15, -0.1) is 0 Å². The van der Waals surface area contributed by atoms with E-state index in [0.717, 1.165) is 42.5 Å². The van der Waals surface area contributed by atoms with Gasteiger partial charge in [0.1, 0.15) is 5.60 Å². The maximum Gasteiger partial charge on any atom is 0.407 e. The highest BCUT2D eigenvalue weighted by Gasteiger charge is 2.49. The van der Waals surface area contributed by atoms with Crippen LogP contribution in [0.15, 0.2) is 48.7 Å². The number of ether oxygens (including phenoxy) is 1. The SMILES string of the molecule is O=C1NCC2(CCCCC2c2ccc(C#Cc3ccccc3)cn2)O1. The minimum atomic E-state index is -0.431. The molecule has 2 aromatic rings. The highest BCUT2D eigenvalue weighted by molar-refractivity contribution is 5.70. The average Bonchev–Trinajstić information content (AvgIpc) is 3.02. The minimum absolute atomic E-state index is 0.149. The first-order valence-electron chi connectivity index (χ1n) is 8.75. The quantitative estimate of drug-likeness (QED) is 0.812. The largest absolute Gasteiger partial charge is 0.440 e. The van der Waals surface area contributed by atoms with Gasteiger partial charge in [-0.05, 0) is 43.5 Å². The Kier molecular flexibility index (Phi) is 4.15. The van der Waals surface area contributed by atoms with Crippen LogP contribution in [-0.4, -0.2) is 23.2 Å². The van der Waals surface area contributed by atoms with Crippen LogP contribution in [0.5, 0.6) is 0 Å². The summed E-state index contributed by atoms with van der Waals surface area (Å²) in [4.78, 5) is 16.2. The molecule has 2 atom stereocenters. The predicted molar refractivity (Wildman–Crippen MR) is 95.1 cm³/mol. The summed E-state index contributed by atoms with van der Waals surface area (Å²) in [6.07, 6.45) is 5.63. The molecule has 4 heteroatoms. The standard InChI is InChI=1S/C21H20N2O2/c24-20-23-15-21(25-20)13-5-4-8-18(21)19-12-11-17(14-22-19)10-9-16-6-2-1-3-7-16/h1-3,6-7,11-12,14,18H,4-5,8,13,15H2,(H,23,24). The number of benzene rings is 1. The normalized spacial score (nSPS) is 25.0. The van der Waals surface area contributed by atoms with Gasteiger partial charge in [0.2, 0.25) is 0 Å². The van der Waals surface area contributed by atoms with Gasteiger partial charge in [-0.25, -0.2) is 4.79 Å². The second-order valence-electron chi connectivity index (χ2n) is 6.69. The zero-order valence-electron chi connectivity index (χ0n) is 14.0. The highest BCUT2D eigenvalue weighted by Crippen LogP contribution is 2.44. The third-order valence-corrected chi connectivity index (χ3v) is 5.07. The first-order valence-corrected chi connectivity index (χ1v) is 8.75. The molecular formula is C21H20N2O2. The number of alkyl carbamates (subject to hydrolysis) is 1. The molecule has 1 aromatic carbocycles. The lowest BCUT2D eigenvalue weighted by Crippen LogP contribution is -2.42. The minimum Gasteiger partial charge on any atom is -0.440 e. The number of aromatic nitrogens is 1. The van der Waals surface area contributed by atoms with Crippen LogP contribution in [0, 0.1) is 11.8 Å². The van der Waals surface area contributed by atoms with Crippen molar-refractivity contribution in [2.75, 3.05) is 6.54 Å². The lowest BCUT2D eigenvalue weighted by Gasteiger charge is -2.38. The third kappa shape index (κ3) is 3.23. The Balaban J connectivity index is 1.55. The van der Waals surface area contributed by atoms with E-state index in [9.17, 15) is 4.79 Å². The molecule has 1 aliphatic heterocycles. The van der Waals surface area contributed by atoms with E-state index in [-0.39, 0.29) is 12.0 Å². The fraction of sp³-hybridized carbons (Fsp3) is 0.333. The van der Waals surface area contributed by atoms with Gasteiger partial charge in [-0.3, -0.25) is 4.98 Å². The molecule has 4 rings (SSSR count). The summed E-state index contributed by atoms with van der Waals surface area (Å²) in [5, 5.41) is 2.82. The van der Waals surface area contributed by atoms with Crippen molar-refractivity contribution in [3.8, 4) is 11.8 Å². The predicted octanol–water partition coefficient (Wildman–Crippen LogP) is 3.62. The van der Waals surface area contributed by atoms with Crippen molar-refractivity contribution in [1.29, 1.82) is 0 Å². The number of carbonyl (C=O) groups excluding carboxylic acids is 1. The van der Waals surface area contributed by atoms with Gasteiger partial charge in [-0.1, -0.05) is 36.5 Å². The number of hydrogen-bond acceptors (Lipinski definition) is 3. The van der Waals surface area contributed by atoms with Crippen molar-refractivity contribution < 1.29 is 9.53 Å². The van der Waals surface area contributed by atoms with Gasteiger partial charge in [-0.2, -0.15) is 0 Å². The zero-order valence-corrected chi connectivity index (χ0v) is 14.0. The number of nitrogens with zero attached hydrogens (tertiary/aromatic N) is 1. The van der Waals surface area contributed by atoms with E-state index in [1.54, 1.807) is 0 Å². The Morgan fingerprint density at radius 1 is 1.08 bits per heavy atom. The Morgan fingerprint density at radius 3 is 2.64 bits per heavy atom. The molecular weight excluding hydrogens is 312 g/mol. The van der Waals surface area contributed by atoms with E-state index < -0.39 is 5.60 Å². The fourth-order valence-electron chi connectivity index (χ4n) is 3.79. The summed E-state index contributed by atoms with van der Waals surface area (Å²) in [6, 6.07) is 13.9. The number of amides is 1. The Morgan fingerprint density at radius 2 is 1.92 bits per heavy atom. The molecule has 1 saturated heterocycles. The number of carbonyl (C=O) groups is 1. The summed E-state index contributed by atoms with van der Waals surface area (Å²) in [6.45, 7) is 0.577. The van der Waals surface area contributed by atoms with Crippen LogP contribution in [0.2, 0.25) is 0 Å². The number of hydrogen-bond donors (Lipinski definition) is 1. The molecule has 1 amide bonds. The van der Waals surface area contributed by atoms with E-state index in [2.05, 4.69) is 22.1 Å². The molecule has 1 N–H and O–H groups in total. The summed E-state index contributed by atoms with van der Waals surface area (Å²) >= 11 is 0. The van der Waals surface area contributed by atoms with E-state index in [1.165, 1.54) is 0 Å². The van der Waals surface area contributed by atoms with Crippen molar-refractivity contribution in [1.82, 2.24) is 10.3 Å². The lowest BCUT2D eigenvalue weighted by molar-refractivity contribution is 0.00572. The summed E-state index contributed by atoms with van der Waals surface area (Å²) in [5.74, 6) is 6.44. The summed E-state index contributed by atoms with van der Waals surface area (Å²) in [7, 11) is 0. The second-order valence-corrected chi connectivity index (χ2v) is 6.69. The highest BCUT2D eigenvalue weighted by atomic mass is 16.6. The molecule has 0 bridgehead atoms. The molecule has 1 spiro atoms. The molecule has 2 unspecified atom stereocenters. The molecule has 2 heterocycles. The van der Waals surface area contributed by atoms with Gasteiger partial charge in [0, 0.05) is 28.9 Å². The van der Waals surface area contributed by atoms with Crippen LogP contribution in [0.3, 0.4) is 0 Å². The van der Waals surface area contributed by atoms with Crippen LogP contribution in [0.1, 0.15) is 48.4 Å². The van der Waals surface area contributed by atoms with Gasteiger partial charge in [0.05, 0.1) is 6.54 Å². The van der Waals surface area contributed by atoms with E-state index in [4.69, 9.17) is 4.74 Å². The molecule has 2 aliphatic rings. The smallest absolute Gasteiger partial charge is 0.407 e. The van der Waals surface area contributed by atoms with Crippen molar-refractivity contribution in [2.45, 2.75) is 37.2 Å². The number of pyridine rings is 1. The first-order chi connectivity index (χ1) is 12.3. The molecule has 2 fully saturated rings. The summed E-state index contributed by atoms with van der Waals surface area (Å²) < 4.78 is 5.67. The Labute approximate surface area is 147 Å². The average molecular weight is 332 g/mol. The maximum absolute atomic E-state index is 11.6. The Bertz CT molecular complexity index is 820. The van der Waals surface area contributed by atoms with Gasteiger partial charge >= 0.3 is 6.09 Å². The topological polar surface area (TPSA) is 51.2 Å². The first kappa shape index (κ1) is 15.7. The van der Waals surface area contributed by atoms with E-state index in [1.807, 2.05) is 48.7 Å².